The molecule has 1 aliphatic heterocycles. The van der Waals surface area contributed by atoms with Gasteiger partial charge in [0.25, 0.3) is 0 Å². The van der Waals surface area contributed by atoms with Crippen LogP contribution in [0, 0.1) is 5.92 Å². The molecule has 0 atom stereocenters. The Kier molecular flexibility index (Phi) is 6.07. The van der Waals surface area contributed by atoms with E-state index < -0.39 is 5.97 Å². The average Bonchev–Trinajstić information content (AvgIpc) is 3.15. The molecular formula is C20H24N2O4. The minimum Gasteiger partial charge on any atom is -0.463 e. The van der Waals surface area contributed by atoms with E-state index in [1.54, 1.807) is 6.07 Å². The fourth-order valence-corrected chi connectivity index (χ4v) is 3.26. The van der Waals surface area contributed by atoms with Gasteiger partial charge < -0.3 is 14.5 Å². The smallest absolute Gasteiger partial charge is 0.374 e. The summed E-state index contributed by atoms with van der Waals surface area (Å²) in [7, 11) is 1.34. The number of nitrogens with one attached hydrogen (secondary N) is 1. The minimum absolute atomic E-state index is 0.0411. The van der Waals surface area contributed by atoms with E-state index in [1.807, 2.05) is 30.3 Å². The van der Waals surface area contributed by atoms with Crippen molar-refractivity contribution in [2.75, 3.05) is 20.2 Å². The molecule has 0 bridgehead atoms. The van der Waals surface area contributed by atoms with Gasteiger partial charge in [-0.1, -0.05) is 30.3 Å². The molecule has 26 heavy (non-hydrogen) atoms. The normalized spacial score (nSPS) is 15.6. The lowest BCUT2D eigenvalue weighted by atomic mass is 9.95. The molecule has 1 N–H and O–H groups in total. The summed E-state index contributed by atoms with van der Waals surface area (Å²) < 4.78 is 9.96. The summed E-state index contributed by atoms with van der Waals surface area (Å²) >= 11 is 0. The molecule has 1 aromatic carbocycles. The molecule has 1 saturated heterocycles. The summed E-state index contributed by atoms with van der Waals surface area (Å²) in [5, 5.41) is 3.03. The first-order chi connectivity index (χ1) is 12.7. The first-order valence-electron chi connectivity index (χ1n) is 8.86. The van der Waals surface area contributed by atoms with Gasteiger partial charge in [-0.3, -0.25) is 9.69 Å². The van der Waals surface area contributed by atoms with Gasteiger partial charge in [-0.2, -0.15) is 0 Å². The third-order valence-electron chi connectivity index (χ3n) is 4.78. The zero-order valence-electron chi connectivity index (χ0n) is 14.9. The van der Waals surface area contributed by atoms with Crippen molar-refractivity contribution in [3.05, 3.63) is 59.5 Å². The molecule has 1 aliphatic rings. The third kappa shape index (κ3) is 4.52. The number of carbonyl (C=O) groups excluding carboxylic acids is 2. The summed E-state index contributed by atoms with van der Waals surface area (Å²) in [5.74, 6) is -0.0399. The van der Waals surface area contributed by atoms with Crippen LogP contribution in [0.15, 0.2) is 47.1 Å². The van der Waals surface area contributed by atoms with E-state index in [2.05, 4.69) is 10.2 Å². The van der Waals surface area contributed by atoms with Crippen molar-refractivity contribution in [1.29, 1.82) is 0 Å². The van der Waals surface area contributed by atoms with Crippen LogP contribution in [-0.2, 0) is 22.6 Å². The molecule has 3 rings (SSSR count). The molecule has 1 amide bonds. The zero-order chi connectivity index (χ0) is 18.4. The number of hydrogen-bond acceptors (Lipinski definition) is 5. The van der Waals surface area contributed by atoms with E-state index in [0.29, 0.717) is 13.1 Å². The number of rotatable bonds is 6. The Morgan fingerprint density at radius 3 is 2.62 bits per heavy atom. The second kappa shape index (κ2) is 8.67. The van der Waals surface area contributed by atoms with Crippen molar-refractivity contribution in [3.8, 4) is 0 Å². The van der Waals surface area contributed by atoms with Gasteiger partial charge in [0, 0.05) is 24.6 Å². The third-order valence-corrected chi connectivity index (χ3v) is 4.78. The van der Waals surface area contributed by atoms with E-state index in [-0.39, 0.29) is 17.6 Å². The Balaban J connectivity index is 1.46. The van der Waals surface area contributed by atoms with Gasteiger partial charge in [-0.05, 0) is 37.6 Å². The molecule has 0 radical (unpaired) electrons. The van der Waals surface area contributed by atoms with Crippen molar-refractivity contribution >= 4 is 11.9 Å². The van der Waals surface area contributed by atoms with E-state index >= 15 is 0 Å². The lowest BCUT2D eigenvalue weighted by Crippen LogP contribution is -2.40. The number of esters is 1. The summed E-state index contributed by atoms with van der Waals surface area (Å²) in [5.41, 5.74) is 1.93. The van der Waals surface area contributed by atoms with E-state index in [4.69, 9.17) is 9.15 Å². The quantitative estimate of drug-likeness (QED) is 0.806. The molecule has 2 aromatic rings. The molecule has 138 valence electrons. The highest BCUT2D eigenvalue weighted by atomic mass is 16.5. The maximum Gasteiger partial charge on any atom is 0.374 e. The molecule has 0 saturated carbocycles. The lowest BCUT2D eigenvalue weighted by molar-refractivity contribution is -0.126. The van der Waals surface area contributed by atoms with E-state index in [1.165, 1.54) is 13.4 Å². The predicted molar refractivity (Wildman–Crippen MR) is 96.3 cm³/mol. The van der Waals surface area contributed by atoms with Crippen molar-refractivity contribution in [2.45, 2.75) is 25.9 Å². The number of benzene rings is 1. The number of piperidine rings is 1. The first-order valence-corrected chi connectivity index (χ1v) is 8.86. The van der Waals surface area contributed by atoms with Crippen LogP contribution in [0.4, 0.5) is 0 Å². The van der Waals surface area contributed by atoms with Crippen LogP contribution in [0.3, 0.4) is 0 Å². The van der Waals surface area contributed by atoms with Crippen molar-refractivity contribution in [3.63, 3.8) is 0 Å². The molecular weight excluding hydrogens is 332 g/mol. The number of furan rings is 1. The van der Waals surface area contributed by atoms with Crippen LogP contribution < -0.4 is 5.32 Å². The van der Waals surface area contributed by atoms with Crippen LogP contribution in [0.2, 0.25) is 0 Å². The van der Waals surface area contributed by atoms with Crippen LogP contribution in [-0.4, -0.2) is 37.0 Å². The van der Waals surface area contributed by atoms with Gasteiger partial charge in [0.1, 0.15) is 0 Å². The van der Waals surface area contributed by atoms with Gasteiger partial charge >= 0.3 is 5.97 Å². The number of methoxy groups -OCH3 is 1. The minimum atomic E-state index is -0.458. The largest absolute Gasteiger partial charge is 0.463 e. The fourth-order valence-electron chi connectivity index (χ4n) is 3.26. The summed E-state index contributed by atoms with van der Waals surface area (Å²) in [4.78, 5) is 26.3. The van der Waals surface area contributed by atoms with Crippen molar-refractivity contribution < 1.29 is 18.7 Å². The van der Waals surface area contributed by atoms with Crippen molar-refractivity contribution in [1.82, 2.24) is 10.2 Å². The van der Waals surface area contributed by atoms with Gasteiger partial charge in [0.05, 0.1) is 13.4 Å². The number of likely N-dealkylation sites (tertiary alicyclic amines) is 1. The van der Waals surface area contributed by atoms with Gasteiger partial charge in [0.2, 0.25) is 11.7 Å². The van der Waals surface area contributed by atoms with Crippen LogP contribution in [0.1, 0.15) is 34.5 Å². The van der Waals surface area contributed by atoms with E-state index in [0.717, 1.165) is 37.1 Å². The Morgan fingerprint density at radius 2 is 1.92 bits per heavy atom. The monoisotopic (exact) mass is 356 g/mol. The number of ether oxygens (including phenoxy) is 1. The molecule has 2 heterocycles. The summed E-state index contributed by atoms with van der Waals surface area (Å²) in [6.45, 7) is 2.82. The highest BCUT2D eigenvalue weighted by Gasteiger charge is 2.26. The fraction of sp³-hybridized carbons (Fsp3) is 0.400. The molecule has 0 unspecified atom stereocenters. The number of nitrogens with zero attached hydrogens (tertiary/aromatic N) is 1. The van der Waals surface area contributed by atoms with E-state index in [9.17, 15) is 9.59 Å². The molecule has 6 nitrogen and oxygen atoms in total. The molecule has 1 aromatic heterocycles. The average molecular weight is 356 g/mol. The maximum atomic E-state index is 12.4. The Bertz CT molecular complexity index is 733. The van der Waals surface area contributed by atoms with Crippen LogP contribution in [0.5, 0.6) is 0 Å². The Morgan fingerprint density at radius 1 is 1.19 bits per heavy atom. The van der Waals surface area contributed by atoms with Crippen LogP contribution in [0.25, 0.3) is 0 Å². The number of hydrogen-bond donors (Lipinski definition) is 1. The van der Waals surface area contributed by atoms with Crippen molar-refractivity contribution in [2.24, 2.45) is 5.92 Å². The standard InChI is InChI=1S/C20H24N2O4/c1-25-20(24)18-17(9-12-26-18)14-22-10-7-16(8-11-22)19(23)21-13-15-5-3-2-4-6-15/h2-6,9,12,16H,7-8,10-11,13-14H2,1H3,(H,21,23). The SMILES string of the molecule is COC(=O)c1occc1CN1CCC(C(=O)NCc2ccccc2)CC1. The van der Waals surface area contributed by atoms with Gasteiger partial charge in [0.15, 0.2) is 0 Å². The highest BCUT2D eigenvalue weighted by molar-refractivity contribution is 5.87. The first kappa shape index (κ1) is 18.2. The lowest BCUT2D eigenvalue weighted by Gasteiger charge is -2.31. The Hall–Kier alpha value is -2.60. The van der Waals surface area contributed by atoms with Crippen LogP contribution >= 0.6 is 0 Å². The summed E-state index contributed by atoms with van der Waals surface area (Å²) in [6.07, 6.45) is 3.13. The number of carbonyl (C=O) groups is 2. The zero-order valence-corrected chi connectivity index (χ0v) is 14.9. The molecule has 1 fully saturated rings. The Labute approximate surface area is 153 Å². The number of amides is 1. The molecule has 6 heteroatoms. The topological polar surface area (TPSA) is 71.8 Å². The molecule has 0 spiro atoms. The second-order valence-corrected chi connectivity index (χ2v) is 6.52. The maximum absolute atomic E-state index is 12.4. The summed E-state index contributed by atoms with van der Waals surface area (Å²) in [6, 6.07) is 11.7. The van der Waals surface area contributed by atoms with Gasteiger partial charge in [-0.25, -0.2) is 4.79 Å². The predicted octanol–water partition coefficient (Wildman–Crippen LogP) is 2.59. The second-order valence-electron chi connectivity index (χ2n) is 6.52. The molecule has 0 aliphatic carbocycles. The van der Waals surface area contributed by atoms with Gasteiger partial charge in [-0.15, -0.1) is 0 Å². The highest BCUT2D eigenvalue weighted by Crippen LogP contribution is 2.21.